The van der Waals surface area contributed by atoms with Gasteiger partial charge in [-0.3, -0.25) is 4.79 Å². The first kappa shape index (κ1) is 30.0. The maximum Gasteiger partial charge on any atom is 0.312 e. The minimum atomic E-state index is -0.185. The van der Waals surface area contributed by atoms with E-state index in [1.807, 2.05) is 0 Å². The number of esters is 1. The summed E-state index contributed by atoms with van der Waals surface area (Å²) in [5.41, 5.74) is 0.0261. The van der Waals surface area contributed by atoms with Crippen molar-refractivity contribution in [1.29, 1.82) is 0 Å². The number of hydrogen-bond donors (Lipinski definition) is 0. The van der Waals surface area contributed by atoms with E-state index in [2.05, 4.69) is 13.8 Å². The lowest BCUT2D eigenvalue weighted by atomic mass is 9.49. The molecule has 0 saturated heterocycles. The van der Waals surface area contributed by atoms with E-state index >= 15 is 0 Å². The van der Waals surface area contributed by atoms with Gasteiger partial charge in [0.2, 0.25) is 0 Å². The van der Waals surface area contributed by atoms with Crippen LogP contribution in [0.4, 0.5) is 0 Å². The largest absolute Gasteiger partial charge is 0.465 e. The molecule has 0 aliphatic heterocycles. The molecule has 0 aromatic carbocycles. The van der Waals surface area contributed by atoms with Crippen molar-refractivity contribution in [2.24, 2.45) is 22.7 Å². The van der Waals surface area contributed by atoms with Crippen molar-refractivity contribution in [1.82, 2.24) is 0 Å². The predicted octanol–water partition coefficient (Wildman–Crippen LogP) is 11.0. The molecule has 2 nitrogen and oxygen atoms in total. The van der Waals surface area contributed by atoms with E-state index in [-0.39, 0.29) is 16.8 Å². The van der Waals surface area contributed by atoms with Crippen LogP contribution < -0.4 is 0 Å². The third-order valence-corrected chi connectivity index (χ3v) is 10.9. The Balaban J connectivity index is 1.68. The maximum absolute atomic E-state index is 14.0. The van der Waals surface area contributed by atoms with E-state index in [0.29, 0.717) is 6.61 Å². The third kappa shape index (κ3) is 8.23. The number of unbranched alkanes of at least 4 members (excludes halogenated alkanes) is 9. The first-order valence-corrected chi connectivity index (χ1v) is 16.8. The highest BCUT2D eigenvalue weighted by molar-refractivity contribution is 5.78. The Morgan fingerprint density at radius 3 is 1.78 bits per heavy atom. The molecule has 0 amide bonds. The average molecular weight is 503 g/mol. The van der Waals surface area contributed by atoms with Gasteiger partial charge in [0.15, 0.2) is 0 Å². The van der Waals surface area contributed by atoms with Crippen LogP contribution >= 0.6 is 0 Å². The van der Waals surface area contributed by atoms with Crippen molar-refractivity contribution in [3.8, 4) is 0 Å². The van der Waals surface area contributed by atoms with Crippen LogP contribution in [0.1, 0.15) is 181 Å². The first-order valence-electron chi connectivity index (χ1n) is 16.8. The van der Waals surface area contributed by atoms with Crippen LogP contribution in [0.3, 0.4) is 0 Å². The summed E-state index contributed by atoms with van der Waals surface area (Å²) in [5.74, 6) is 2.12. The second kappa shape index (κ2) is 16.4. The van der Waals surface area contributed by atoms with Gasteiger partial charge >= 0.3 is 5.97 Å². The zero-order valence-corrected chi connectivity index (χ0v) is 24.6. The molecule has 210 valence electrons. The Labute approximate surface area is 225 Å². The summed E-state index contributed by atoms with van der Waals surface area (Å²) in [7, 11) is 0. The number of ether oxygens (including phenoxy) is 1. The normalized spacial score (nSPS) is 27.1. The molecule has 3 aliphatic rings. The second-order valence-corrected chi connectivity index (χ2v) is 13.2. The number of hydrogen-bond acceptors (Lipinski definition) is 2. The van der Waals surface area contributed by atoms with Crippen LogP contribution in [0.2, 0.25) is 0 Å². The van der Waals surface area contributed by atoms with Crippen molar-refractivity contribution < 1.29 is 9.53 Å². The van der Waals surface area contributed by atoms with E-state index in [1.165, 1.54) is 148 Å². The third-order valence-electron chi connectivity index (χ3n) is 10.9. The van der Waals surface area contributed by atoms with Crippen LogP contribution in [-0.4, -0.2) is 12.6 Å². The highest BCUT2D eigenvalue weighted by atomic mass is 16.5. The first-order chi connectivity index (χ1) is 17.7. The van der Waals surface area contributed by atoms with Crippen molar-refractivity contribution in [3.63, 3.8) is 0 Å². The van der Waals surface area contributed by atoms with Gasteiger partial charge in [-0.15, -0.1) is 0 Å². The van der Waals surface area contributed by atoms with E-state index in [9.17, 15) is 4.79 Å². The van der Waals surface area contributed by atoms with Gasteiger partial charge in [-0.05, 0) is 68.6 Å². The fourth-order valence-electron chi connectivity index (χ4n) is 8.60. The molecule has 0 aromatic heterocycles. The Morgan fingerprint density at radius 2 is 1.14 bits per heavy atom. The maximum atomic E-state index is 14.0. The Morgan fingerprint density at radius 1 is 0.611 bits per heavy atom. The minimum absolute atomic E-state index is 0.185. The van der Waals surface area contributed by atoms with Crippen molar-refractivity contribution in [3.05, 3.63) is 0 Å². The van der Waals surface area contributed by atoms with Crippen LogP contribution in [0.5, 0.6) is 0 Å². The highest BCUT2D eigenvalue weighted by Gasteiger charge is 2.57. The van der Waals surface area contributed by atoms with E-state index in [0.717, 1.165) is 31.1 Å². The molecule has 3 fully saturated rings. The standard InChI is InChI=1S/C34H62O2/c1-3-5-7-9-10-11-16-24-33(27-22-31(23-28-33)30-20-14-12-15-21-30)34(25-17-13-18-26-34)32(35)36-29-19-8-6-4-2/h30-31H,3-29H2,1-2H3. The topological polar surface area (TPSA) is 26.3 Å². The highest BCUT2D eigenvalue weighted by Crippen LogP contribution is 2.61. The molecule has 0 heterocycles. The molecule has 2 heteroatoms. The molecule has 36 heavy (non-hydrogen) atoms. The average Bonchev–Trinajstić information content (AvgIpc) is 2.93. The molecular weight excluding hydrogens is 440 g/mol. The van der Waals surface area contributed by atoms with Gasteiger partial charge in [0.1, 0.15) is 0 Å². The van der Waals surface area contributed by atoms with Crippen LogP contribution in [0, 0.1) is 22.7 Å². The zero-order chi connectivity index (χ0) is 25.5. The lowest BCUT2D eigenvalue weighted by Crippen LogP contribution is -2.52. The lowest BCUT2D eigenvalue weighted by Gasteiger charge is -2.55. The summed E-state index contributed by atoms with van der Waals surface area (Å²) in [6, 6.07) is 0. The van der Waals surface area contributed by atoms with Crippen LogP contribution in [-0.2, 0) is 9.53 Å². The summed E-state index contributed by atoms with van der Waals surface area (Å²) in [6.45, 7) is 5.21. The van der Waals surface area contributed by atoms with Gasteiger partial charge in [-0.25, -0.2) is 0 Å². The van der Waals surface area contributed by atoms with Gasteiger partial charge in [0.05, 0.1) is 12.0 Å². The van der Waals surface area contributed by atoms with Crippen molar-refractivity contribution in [2.75, 3.05) is 6.61 Å². The molecule has 3 rings (SSSR count). The zero-order valence-electron chi connectivity index (χ0n) is 24.6. The van der Waals surface area contributed by atoms with Gasteiger partial charge < -0.3 is 4.74 Å². The van der Waals surface area contributed by atoms with E-state index in [4.69, 9.17) is 4.74 Å². The van der Waals surface area contributed by atoms with Crippen molar-refractivity contribution >= 4 is 5.97 Å². The second-order valence-electron chi connectivity index (χ2n) is 13.2. The quantitative estimate of drug-likeness (QED) is 0.155. The Hall–Kier alpha value is -0.530. The summed E-state index contributed by atoms with van der Waals surface area (Å²) in [4.78, 5) is 14.0. The molecule has 3 aliphatic carbocycles. The molecule has 0 N–H and O–H groups in total. The van der Waals surface area contributed by atoms with E-state index in [1.54, 1.807) is 0 Å². The molecule has 0 atom stereocenters. The number of carbonyl (C=O) groups excluding carboxylic acids is 1. The van der Waals surface area contributed by atoms with Gasteiger partial charge in [-0.1, -0.05) is 129 Å². The van der Waals surface area contributed by atoms with Gasteiger partial charge in [0, 0.05) is 0 Å². The molecule has 3 saturated carbocycles. The summed E-state index contributed by atoms with van der Waals surface area (Å²) < 4.78 is 6.19. The van der Waals surface area contributed by atoms with E-state index < -0.39 is 0 Å². The van der Waals surface area contributed by atoms with Crippen LogP contribution in [0.25, 0.3) is 0 Å². The fourth-order valence-corrected chi connectivity index (χ4v) is 8.60. The van der Waals surface area contributed by atoms with Gasteiger partial charge in [-0.2, -0.15) is 0 Å². The van der Waals surface area contributed by atoms with Crippen LogP contribution in [0.15, 0.2) is 0 Å². The monoisotopic (exact) mass is 502 g/mol. The molecule has 0 unspecified atom stereocenters. The molecule has 0 aromatic rings. The molecule has 0 spiro atoms. The SMILES string of the molecule is CCCCCCCCCC1(C2(C(=O)OCCCCCC)CCCCC2)CCC(C2CCCCC2)CC1. The molecule has 0 bridgehead atoms. The minimum Gasteiger partial charge on any atom is -0.465 e. The summed E-state index contributed by atoms with van der Waals surface area (Å²) in [6.07, 6.45) is 34.3. The lowest BCUT2D eigenvalue weighted by molar-refractivity contribution is -0.175. The van der Waals surface area contributed by atoms with Crippen molar-refractivity contribution in [2.45, 2.75) is 181 Å². The Bertz CT molecular complexity index is 576. The predicted molar refractivity (Wildman–Crippen MR) is 154 cm³/mol. The Kier molecular flexibility index (Phi) is 13.7. The molecule has 0 radical (unpaired) electrons. The summed E-state index contributed by atoms with van der Waals surface area (Å²) >= 11 is 0. The smallest absolute Gasteiger partial charge is 0.312 e. The molecular formula is C34H62O2. The number of carbonyl (C=O) groups is 1. The fraction of sp³-hybridized carbons (Fsp3) is 0.971. The summed E-state index contributed by atoms with van der Waals surface area (Å²) in [5, 5.41) is 0. The number of rotatable bonds is 16. The van der Waals surface area contributed by atoms with Gasteiger partial charge in [0.25, 0.3) is 0 Å².